The van der Waals surface area contributed by atoms with Crippen molar-refractivity contribution in [3.63, 3.8) is 0 Å². The molecule has 2 amide bonds. The summed E-state index contributed by atoms with van der Waals surface area (Å²) < 4.78 is 1.58. The molecule has 0 spiro atoms. The van der Waals surface area contributed by atoms with Gasteiger partial charge in [-0.3, -0.25) is 9.59 Å². The summed E-state index contributed by atoms with van der Waals surface area (Å²) in [4.78, 5) is 24.4. The Balaban J connectivity index is 1.37. The summed E-state index contributed by atoms with van der Waals surface area (Å²) in [6.07, 6.45) is 3.56. The van der Waals surface area contributed by atoms with Crippen molar-refractivity contribution in [1.82, 2.24) is 20.3 Å². The molecule has 0 radical (unpaired) electrons. The molecule has 4 rings (SSSR count). The molecule has 1 atom stereocenters. The highest BCUT2D eigenvalue weighted by Gasteiger charge is 2.29. The summed E-state index contributed by atoms with van der Waals surface area (Å²) in [5.41, 5.74) is 3.96. The molecule has 148 valence electrons. The normalized spacial score (nSPS) is 14.3. The van der Waals surface area contributed by atoms with Crippen LogP contribution in [0.15, 0.2) is 54.7 Å². The van der Waals surface area contributed by atoms with Crippen LogP contribution in [0.25, 0.3) is 5.69 Å². The number of carbonyl (C=O) groups is 2. The zero-order valence-corrected chi connectivity index (χ0v) is 16.4. The molecule has 1 aliphatic rings. The number of anilines is 1. The zero-order chi connectivity index (χ0) is 20.4. The zero-order valence-electron chi connectivity index (χ0n) is 16.4. The third kappa shape index (κ3) is 4.51. The Bertz CT molecular complexity index is 1020. The first kappa shape index (κ1) is 18.9. The van der Waals surface area contributed by atoms with E-state index in [2.05, 4.69) is 20.9 Å². The van der Waals surface area contributed by atoms with Crippen LogP contribution in [0, 0.1) is 12.8 Å². The molecule has 1 heterocycles. The van der Waals surface area contributed by atoms with Crippen molar-refractivity contribution in [3.8, 4) is 5.69 Å². The van der Waals surface area contributed by atoms with E-state index in [4.69, 9.17) is 0 Å². The van der Waals surface area contributed by atoms with Gasteiger partial charge >= 0.3 is 0 Å². The maximum atomic E-state index is 12.5. The minimum absolute atomic E-state index is 0.0794. The monoisotopic (exact) mass is 389 g/mol. The molecule has 1 fully saturated rings. The van der Waals surface area contributed by atoms with Crippen molar-refractivity contribution in [2.45, 2.75) is 32.7 Å². The fourth-order valence-electron chi connectivity index (χ4n) is 2.99. The van der Waals surface area contributed by atoms with E-state index < -0.39 is 0 Å². The van der Waals surface area contributed by atoms with Crippen molar-refractivity contribution in [2.24, 2.45) is 5.92 Å². The number of aryl methyl sites for hydroxylation is 1. The Kier molecular flexibility index (Phi) is 5.12. The second-order valence-electron chi connectivity index (χ2n) is 7.46. The topological polar surface area (TPSA) is 88.9 Å². The van der Waals surface area contributed by atoms with E-state index >= 15 is 0 Å². The fourth-order valence-corrected chi connectivity index (χ4v) is 2.99. The molecular formula is C22H23N5O2. The number of amides is 2. The number of rotatable bonds is 6. The highest BCUT2D eigenvalue weighted by Crippen LogP contribution is 2.30. The molecule has 1 aliphatic carbocycles. The highest BCUT2D eigenvalue weighted by molar-refractivity contribution is 5.94. The first-order valence-corrected chi connectivity index (χ1v) is 9.70. The van der Waals surface area contributed by atoms with Gasteiger partial charge in [-0.15, -0.1) is 5.10 Å². The van der Waals surface area contributed by atoms with Gasteiger partial charge in [-0.05, 0) is 56.5 Å². The van der Waals surface area contributed by atoms with Crippen LogP contribution >= 0.6 is 0 Å². The third-order valence-corrected chi connectivity index (χ3v) is 5.00. The Morgan fingerprint density at radius 3 is 2.41 bits per heavy atom. The van der Waals surface area contributed by atoms with Crippen LogP contribution in [0.3, 0.4) is 0 Å². The minimum Gasteiger partial charge on any atom is -0.344 e. The summed E-state index contributed by atoms with van der Waals surface area (Å²) in [5.74, 6) is -0.0426. The van der Waals surface area contributed by atoms with E-state index in [1.807, 2.05) is 62.4 Å². The van der Waals surface area contributed by atoms with Gasteiger partial charge in [0.1, 0.15) is 0 Å². The predicted octanol–water partition coefficient (Wildman–Crippen LogP) is 3.42. The molecule has 0 aliphatic heterocycles. The third-order valence-electron chi connectivity index (χ3n) is 5.00. The van der Waals surface area contributed by atoms with Crippen molar-refractivity contribution in [1.29, 1.82) is 0 Å². The SMILES string of the molecule is Cc1ccc(-n2cc(C(=O)NC(C)c3ccc(NC(=O)C4CC4)cc3)nn2)cc1. The van der Waals surface area contributed by atoms with Crippen LogP contribution in [0.4, 0.5) is 5.69 Å². The largest absolute Gasteiger partial charge is 0.344 e. The Hall–Kier alpha value is -3.48. The maximum absolute atomic E-state index is 12.5. The Morgan fingerprint density at radius 2 is 1.76 bits per heavy atom. The second kappa shape index (κ2) is 7.87. The van der Waals surface area contributed by atoms with Crippen LogP contribution in [-0.4, -0.2) is 26.8 Å². The Morgan fingerprint density at radius 1 is 1.07 bits per heavy atom. The van der Waals surface area contributed by atoms with Crippen LogP contribution in [-0.2, 0) is 4.79 Å². The molecule has 0 saturated heterocycles. The Labute approximate surface area is 169 Å². The van der Waals surface area contributed by atoms with Crippen molar-refractivity contribution < 1.29 is 9.59 Å². The smallest absolute Gasteiger partial charge is 0.273 e. The summed E-state index contributed by atoms with van der Waals surface area (Å²) in [7, 11) is 0. The van der Waals surface area contributed by atoms with Gasteiger partial charge in [0.25, 0.3) is 5.91 Å². The van der Waals surface area contributed by atoms with E-state index in [1.54, 1.807) is 10.9 Å². The summed E-state index contributed by atoms with van der Waals surface area (Å²) >= 11 is 0. The van der Waals surface area contributed by atoms with Crippen molar-refractivity contribution in [3.05, 3.63) is 71.5 Å². The average molecular weight is 389 g/mol. The van der Waals surface area contributed by atoms with Crippen molar-refractivity contribution in [2.75, 3.05) is 5.32 Å². The summed E-state index contributed by atoms with van der Waals surface area (Å²) in [6, 6.07) is 15.1. The van der Waals surface area contributed by atoms with Crippen LogP contribution in [0.5, 0.6) is 0 Å². The molecule has 29 heavy (non-hydrogen) atoms. The molecule has 0 bridgehead atoms. The van der Waals surface area contributed by atoms with E-state index in [0.717, 1.165) is 35.3 Å². The predicted molar refractivity (Wildman–Crippen MR) is 110 cm³/mol. The molecule has 7 heteroatoms. The highest BCUT2D eigenvalue weighted by atomic mass is 16.2. The molecule has 1 unspecified atom stereocenters. The lowest BCUT2D eigenvalue weighted by Crippen LogP contribution is -2.27. The van der Waals surface area contributed by atoms with Crippen LogP contribution in [0.1, 0.15) is 47.4 Å². The summed E-state index contributed by atoms with van der Waals surface area (Å²) in [5, 5.41) is 13.9. The number of benzene rings is 2. The average Bonchev–Trinajstić information content (AvgIpc) is 3.46. The quantitative estimate of drug-likeness (QED) is 0.676. The van der Waals surface area contributed by atoms with E-state index in [-0.39, 0.29) is 29.5 Å². The molecular weight excluding hydrogens is 366 g/mol. The molecule has 1 saturated carbocycles. The first-order valence-electron chi connectivity index (χ1n) is 9.70. The number of carbonyl (C=O) groups excluding carboxylic acids is 2. The standard InChI is InChI=1S/C22H23N5O2/c1-14-3-11-19(12-4-14)27-13-20(25-26-27)22(29)23-15(2)16-7-9-18(10-8-16)24-21(28)17-5-6-17/h3-4,7-13,15,17H,5-6H2,1-2H3,(H,23,29)(H,24,28). The number of hydrogen-bond acceptors (Lipinski definition) is 4. The molecule has 3 aromatic rings. The van der Waals surface area contributed by atoms with Gasteiger partial charge in [0, 0.05) is 11.6 Å². The summed E-state index contributed by atoms with van der Waals surface area (Å²) in [6.45, 7) is 3.92. The molecule has 2 N–H and O–H groups in total. The van der Waals surface area contributed by atoms with Gasteiger partial charge in [-0.25, -0.2) is 4.68 Å². The van der Waals surface area contributed by atoms with Crippen LogP contribution < -0.4 is 10.6 Å². The number of hydrogen-bond donors (Lipinski definition) is 2. The first-order chi connectivity index (χ1) is 14.0. The number of nitrogens with one attached hydrogen (secondary N) is 2. The maximum Gasteiger partial charge on any atom is 0.273 e. The number of aromatic nitrogens is 3. The lowest BCUT2D eigenvalue weighted by Gasteiger charge is -2.14. The lowest BCUT2D eigenvalue weighted by atomic mass is 10.1. The van der Waals surface area contributed by atoms with Crippen molar-refractivity contribution >= 4 is 17.5 Å². The number of nitrogens with zero attached hydrogens (tertiary/aromatic N) is 3. The van der Waals surface area contributed by atoms with E-state index in [0.29, 0.717) is 0 Å². The second-order valence-corrected chi connectivity index (χ2v) is 7.46. The van der Waals surface area contributed by atoms with Crippen LogP contribution in [0.2, 0.25) is 0 Å². The molecule has 7 nitrogen and oxygen atoms in total. The van der Waals surface area contributed by atoms with E-state index in [1.165, 1.54) is 0 Å². The van der Waals surface area contributed by atoms with Gasteiger partial charge in [-0.1, -0.05) is 35.0 Å². The molecule has 1 aromatic heterocycles. The van der Waals surface area contributed by atoms with Gasteiger partial charge in [0.05, 0.1) is 17.9 Å². The minimum atomic E-state index is -0.290. The fraction of sp³-hybridized carbons (Fsp3) is 0.273. The van der Waals surface area contributed by atoms with Gasteiger partial charge in [0.15, 0.2) is 5.69 Å². The van der Waals surface area contributed by atoms with Gasteiger partial charge < -0.3 is 10.6 Å². The van der Waals surface area contributed by atoms with E-state index in [9.17, 15) is 9.59 Å². The van der Waals surface area contributed by atoms with Gasteiger partial charge in [-0.2, -0.15) is 0 Å². The van der Waals surface area contributed by atoms with Gasteiger partial charge in [0.2, 0.25) is 5.91 Å². The molecule has 2 aromatic carbocycles. The lowest BCUT2D eigenvalue weighted by molar-refractivity contribution is -0.117.